The quantitative estimate of drug-likeness (QED) is 0.209. The molecule has 7 aromatic carbocycles. The van der Waals surface area contributed by atoms with Gasteiger partial charge in [0.15, 0.2) is 0 Å². The second-order valence-electron chi connectivity index (χ2n) is 10.5. The first-order valence-corrected chi connectivity index (χ1v) is 14.7. The van der Waals surface area contributed by atoms with E-state index in [0.29, 0.717) is 0 Å². The molecule has 0 fully saturated rings. The van der Waals surface area contributed by atoms with Crippen LogP contribution in [0.2, 0.25) is 0 Å². The molecule has 9 rings (SSSR count). The zero-order valence-corrected chi connectivity index (χ0v) is 22.8. The maximum absolute atomic E-state index is 5.30. The summed E-state index contributed by atoms with van der Waals surface area (Å²) in [6.07, 6.45) is 0. The number of benzene rings is 7. The monoisotopic (exact) mass is 538 g/mol. The summed E-state index contributed by atoms with van der Waals surface area (Å²) in [6.45, 7) is 0. The van der Waals surface area contributed by atoms with E-state index in [1.54, 1.807) is 0 Å². The van der Waals surface area contributed by atoms with E-state index in [0.717, 1.165) is 33.5 Å². The largest absolute Gasteiger partial charge is 0.244 e. The van der Waals surface area contributed by atoms with Gasteiger partial charge in [0.2, 0.25) is 0 Å². The molecule has 9 aromatic rings. The fraction of sp³-hybridized carbons (Fsp3) is 0. The zero-order chi connectivity index (χ0) is 26.9. The summed E-state index contributed by atoms with van der Waals surface area (Å²) in [7, 11) is 0. The van der Waals surface area contributed by atoms with Gasteiger partial charge in [-0.15, -0.1) is 11.3 Å². The molecule has 41 heavy (non-hydrogen) atoms. The van der Waals surface area contributed by atoms with Gasteiger partial charge >= 0.3 is 0 Å². The summed E-state index contributed by atoms with van der Waals surface area (Å²) in [5.74, 6) is 0. The number of rotatable bonds is 3. The van der Waals surface area contributed by atoms with Gasteiger partial charge in [-0.2, -0.15) is 0 Å². The molecule has 0 N–H and O–H groups in total. The third-order valence-electron chi connectivity index (χ3n) is 8.22. The van der Waals surface area contributed by atoms with Gasteiger partial charge < -0.3 is 0 Å². The number of fused-ring (bicyclic) bond motifs is 4. The van der Waals surface area contributed by atoms with Crippen molar-refractivity contribution in [2.45, 2.75) is 0 Å². The first-order valence-electron chi connectivity index (χ1n) is 13.8. The predicted molar refractivity (Wildman–Crippen MR) is 175 cm³/mol. The van der Waals surface area contributed by atoms with E-state index in [-0.39, 0.29) is 0 Å². The lowest BCUT2D eigenvalue weighted by atomic mass is 9.92. The molecule has 3 heteroatoms. The number of hydrogen-bond acceptors (Lipinski definition) is 3. The average Bonchev–Trinajstić information content (AvgIpc) is 3.44. The van der Waals surface area contributed by atoms with Crippen LogP contribution in [-0.2, 0) is 0 Å². The van der Waals surface area contributed by atoms with Crippen molar-refractivity contribution in [3.05, 3.63) is 133 Å². The van der Waals surface area contributed by atoms with Crippen LogP contribution in [0, 0.1) is 0 Å². The minimum absolute atomic E-state index is 0.901. The standard InChI is InChI=1S/C38H22N2S/c1-2-10-23(11-3-1)24-12-8-13-25(22-24)36-37(40-32-18-7-6-17-31(32)39-36)30-21-20-29-27-15-5-4-14-26(27)28-16-9-19-33-34(28)35(29)38(30)41-33/h1-22H. The highest BCUT2D eigenvalue weighted by atomic mass is 32.1. The van der Waals surface area contributed by atoms with Crippen molar-refractivity contribution in [3.8, 4) is 33.6 Å². The van der Waals surface area contributed by atoms with E-state index in [2.05, 4.69) is 121 Å². The molecule has 0 bridgehead atoms. The Labute approximate surface area is 240 Å². The normalized spacial score (nSPS) is 11.9. The van der Waals surface area contributed by atoms with Crippen molar-refractivity contribution >= 4 is 64.1 Å². The molecular weight excluding hydrogens is 516 g/mol. The molecule has 0 aliphatic rings. The molecule has 0 aliphatic carbocycles. The third kappa shape index (κ3) is 3.36. The molecule has 2 heterocycles. The molecule has 0 spiro atoms. The molecule has 0 aliphatic heterocycles. The van der Waals surface area contributed by atoms with Crippen molar-refractivity contribution in [2.24, 2.45) is 0 Å². The number of aromatic nitrogens is 2. The molecule has 0 saturated heterocycles. The Balaban J connectivity index is 1.38. The van der Waals surface area contributed by atoms with Crippen LogP contribution in [0.1, 0.15) is 0 Å². The van der Waals surface area contributed by atoms with Crippen LogP contribution >= 0.6 is 11.3 Å². The Morgan fingerprint density at radius 2 is 1.02 bits per heavy atom. The van der Waals surface area contributed by atoms with Crippen LogP contribution < -0.4 is 0 Å². The van der Waals surface area contributed by atoms with Gasteiger partial charge in [0.05, 0.1) is 22.4 Å². The zero-order valence-electron chi connectivity index (χ0n) is 22.0. The van der Waals surface area contributed by atoms with Gasteiger partial charge in [0.1, 0.15) is 0 Å². The highest BCUT2D eigenvalue weighted by Crippen LogP contribution is 2.49. The number of para-hydroxylation sites is 2. The highest BCUT2D eigenvalue weighted by molar-refractivity contribution is 7.26. The van der Waals surface area contributed by atoms with Crippen molar-refractivity contribution in [3.63, 3.8) is 0 Å². The summed E-state index contributed by atoms with van der Waals surface area (Å²) in [5.41, 5.74) is 8.19. The fourth-order valence-corrected chi connectivity index (χ4v) is 7.64. The summed E-state index contributed by atoms with van der Waals surface area (Å²) in [6, 6.07) is 47.4. The molecule has 0 saturated carbocycles. The summed E-state index contributed by atoms with van der Waals surface area (Å²) in [5, 5.41) is 7.89. The Morgan fingerprint density at radius 3 is 1.83 bits per heavy atom. The van der Waals surface area contributed by atoms with E-state index in [4.69, 9.17) is 9.97 Å². The minimum atomic E-state index is 0.901. The molecule has 0 unspecified atom stereocenters. The highest BCUT2D eigenvalue weighted by Gasteiger charge is 2.22. The third-order valence-corrected chi connectivity index (χ3v) is 9.41. The smallest absolute Gasteiger partial charge is 0.0987 e. The maximum atomic E-state index is 5.30. The predicted octanol–water partition coefficient (Wildman–Crippen LogP) is 10.7. The van der Waals surface area contributed by atoms with Gasteiger partial charge in [-0.3, -0.25) is 0 Å². The van der Waals surface area contributed by atoms with Crippen LogP contribution in [-0.4, -0.2) is 9.97 Å². The summed E-state index contributed by atoms with van der Waals surface area (Å²) in [4.78, 5) is 10.6. The lowest BCUT2D eigenvalue weighted by Crippen LogP contribution is -1.96. The van der Waals surface area contributed by atoms with Crippen molar-refractivity contribution in [1.29, 1.82) is 0 Å². The second-order valence-corrected chi connectivity index (χ2v) is 11.6. The van der Waals surface area contributed by atoms with Crippen LogP contribution in [0.3, 0.4) is 0 Å². The molecule has 190 valence electrons. The first kappa shape index (κ1) is 22.7. The second kappa shape index (κ2) is 8.69. The van der Waals surface area contributed by atoms with Gasteiger partial charge in [-0.25, -0.2) is 9.97 Å². The van der Waals surface area contributed by atoms with E-state index >= 15 is 0 Å². The molecule has 2 nitrogen and oxygen atoms in total. The maximum Gasteiger partial charge on any atom is 0.0987 e. The number of nitrogens with zero attached hydrogens (tertiary/aromatic N) is 2. The van der Waals surface area contributed by atoms with Crippen LogP contribution in [0.4, 0.5) is 0 Å². The number of thiophene rings is 1. The Hall–Kier alpha value is -5.12. The number of hydrogen-bond donors (Lipinski definition) is 0. The SMILES string of the molecule is c1ccc(-c2cccc(-c3nc4ccccc4nc3-c3ccc4c5ccccc5c5cccc6sc3c4c65)c2)cc1. The minimum Gasteiger partial charge on any atom is -0.244 e. The first-order chi connectivity index (χ1) is 20.3. The van der Waals surface area contributed by atoms with Gasteiger partial charge in [-0.05, 0) is 56.9 Å². The summed E-state index contributed by atoms with van der Waals surface area (Å²) >= 11 is 1.86. The van der Waals surface area contributed by atoms with Crippen LogP contribution in [0.5, 0.6) is 0 Å². The van der Waals surface area contributed by atoms with E-state index in [1.165, 1.54) is 52.8 Å². The Morgan fingerprint density at radius 1 is 0.415 bits per heavy atom. The van der Waals surface area contributed by atoms with Gasteiger partial charge in [-0.1, -0.05) is 109 Å². The van der Waals surface area contributed by atoms with Crippen molar-refractivity contribution in [1.82, 2.24) is 9.97 Å². The molecule has 0 amide bonds. The average molecular weight is 539 g/mol. The van der Waals surface area contributed by atoms with Gasteiger partial charge in [0, 0.05) is 31.3 Å². The Bertz CT molecular complexity index is 2420. The molecule has 2 aromatic heterocycles. The van der Waals surface area contributed by atoms with E-state index in [1.807, 2.05) is 23.5 Å². The topological polar surface area (TPSA) is 25.8 Å². The van der Waals surface area contributed by atoms with E-state index in [9.17, 15) is 0 Å². The fourth-order valence-electron chi connectivity index (χ4n) is 6.37. The molecular formula is C38H22N2S. The molecule has 0 atom stereocenters. The summed E-state index contributed by atoms with van der Waals surface area (Å²) < 4.78 is 2.58. The Kier molecular flexibility index (Phi) is 4.80. The van der Waals surface area contributed by atoms with Crippen LogP contribution in [0.25, 0.3) is 86.4 Å². The van der Waals surface area contributed by atoms with Gasteiger partial charge in [0.25, 0.3) is 0 Å². The van der Waals surface area contributed by atoms with E-state index < -0.39 is 0 Å². The van der Waals surface area contributed by atoms with Crippen molar-refractivity contribution < 1.29 is 0 Å². The lowest BCUT2D eigenvalue weighted by Gasteiger charge is -2.14. The molecule has 0 radical (unpaired) electrons. The van der Waals surface area contributed by atoms with Crippen LogP contribution in [0.15, 0.2) is 133 Å². The lowest BCUT2D eigenvalue weighted by molar-refractivity contribution is 1.30. The van der Waals surface area contributed by atoms with Crippen molar-refractivity contribution in [2.75, 3.05) is 0 Å².